The average molecular weight is 471 g/mol. The van der Waals surface area contributed by atoms with Crippen LogP contribution in [0.3, 0.4) is 0 Å². The molecule has 0 amide bonds. The highest BCUT2D eigenvalue weighted by Crippen LogP contribution is 2.30. The van der Waals surface area contributed by atoms with Crippen molar-refractivity contribution in [2.75, 3.05) is 32.1 Å². The number of ether oxygens (including phenoxy) is 1. The molecule has 1 aliphatic heterocycles. The lowest BCUT2D eigenvalue weighted by molar-refractivity contribution is 0.376. The van der Waals surface area contributed by atoms with Crippen LogP contribution in [0.2, 0.25) is 0 Å². The fraction of sp³-hybridized carbons (Fsp3) is 0.444. The Morgan fingerprint density at radius 2 is 2.23 bits per heavy atom. The summed E-state index contributed by atoms with van der Waals surface area (Å²) in [6, 6.07) is 10.4. The standard InChI is InChI=1S/C18H25N5O2.HI/c1-13-10-15(25-22-13)11-20-18(19-2)21-14-8-9-23(12-14)16-6-4-5-7-17(16)24-3;/h4-7,10,14H,8-9,11-12H2,1-3H3,(H2,19,20,21);1H. The molecule has 1 atom stereocenters. The molecule has 1 aliphatic rings. The van der Waals surface area contributed by atoms with Crippen molar-refractivity contribution in [1.29, 1.82) is 0 Å². The van der Waals surface area contributed by atoms with Gasteiger partial charge in [0.1, 0.15) is 5.75 Å². The number of halogens is 1. The minimum absolute atomic E-state index is 0. The topological polar surface area (TPSA) is 74.9 Å². The number of nitrogens with one attached hydrogen (secondary N) is 2. The van der Waals surface area contributed by atoms with Gasteiger partial charge >= 0.3 is 0 Å². The first-order valence-corrected chi connectivity index (χ1v) is 8.47. The van der Waals surface area contributed by atoms with E-state index in [1.54, 1.807) is 14.2 Å². The highest BCUT2D eigenvalue weighted by Gasteiger charge is 2.25. The van der Waals surface area contributed by atoms with Gasteiger partial charge in [-0.1, -0.05) is 17.3 Å². The molecule has 1 aromatic heterocycles. The lowest BCUT2D eigenvalue weighted by atomic mass is 10.2. The van der Waals surface area contributed by atoms with Crippen LogP contribution in [0.15, 0.2) is 39.8 Å². The number of aromatic nitrogens is 1. The zero-order chi connectivity index (χ0) is 17.6. The fourth-order valence-electron chi connectivity index (χ4n) is 3.05. The second kappa shape index (κ2) is 9.65. The van der Waals surface area contributed by atoms with E-state index < -0.39 is 0 Å². The minimum Gasteiger partial charge on any atom is -0.495 e. The van der Waals surface area contributed by atoms with Crippen LogP contribution >= 0.6 is 24.0 Å². The van der Waals surface area contributed by atoms with Gasteiger partial charge in [-0.25, -0.2) is 0 Å². The molecule has 2 heterocycles. The number of nitrogens with zero attached hydrogens (tertiary/aromatic N) is 3. The number of guanidine groups is 1. The number of methoxy groups -OCH3 is 1. The molecule has 2 N–H and O–H groups in total. The number of rotatable bonds is 5. The zero-order valence-corrected chi connectivity index (χ0v) is 17.7. The lowest BCUT2D eigenvalue weighted by Gasteiger charge is -2.22. The van der Waals surface area contributed by atoms with Crippen LogP contribution in [0.4, 0.5) is 5.69 Å². The van der Waals surface area contributed by atoms with Crippen LogP contribution in [-0.2, 0) is 6.54 Å². The summed E-state index contributed by atoms with van der Waals surface area (Å²) in [7, 11) is 3.48. The highest BCUT2D eigenvalue weighted by atomic mass is 127. The van der Waals surface area contributed by atoms with E-state index in [9.17, 15) is 0 Å². The molecule has 1 aromatic carbocycles. The number of hydrogen-bond donors (Lipinski definition) is 2. The molecule has 7 nitrogen and oxygen atoms in total. The smallest absolute Gasteiger partial charge is 0.191 e. The van der Waals surface area contributed by atoms with Gasteiger partial charge in [0, 0.05) is 32.2 Å². The van der Waals surface area contributed by atoms with Crippen LogP contribution in [-0.4, -0.2) is 44.4 Å². The number of para-hydroxylation sites is 2. The summed E-state index contributed by atoms with van der Waals surface area (Å²) in [5.41, 5.74) is 2.01. The Morgan fingerprint density at radius 1 is 1.42 bits per heavy atom. The molecule has 0 radical (unpaired) electrons. The first-order valence-electron chi connectivity index (χ1n) is 8.47. The normalized spacial score (nSPS) is 17.0. The highest BCUT2D eigenvalue weighted by molar-refractivity contribution is 14.0. The fourth-order valence-corrected chi connectivity index (χ4v) is 3.05. The van der Waals surface area contributed by atoms with Gasteiger partial charge in [0.2, 0.25) is 0 Å². The molecule has 142 valence electrons. The Kier molecular flexibility index (Phi) is 7.55. The molecule has 26 heavy (non-hydrogen) atoms. The van der Waals surface area contributed by atoms with Gasteiger partial charge in [0.05, 0.1) is 25.0 Å². The van der Waals surface area contributed by atoms with Crippen molar-refractivity contribution in [3.63, 3.8) is 0 Å². The van der Waals surface area contributed by atoms with Crippen LogP contribution in [0.25, 0.3) is 0 Å². The molecule has 8 heteroatoms. The van der Waals surface area contributed by atoms with Crippen LogP contribution in [0.5, 0.6) is 5.75 Å². The van der Waals surface area contributed by atoms with E-state index in [4.69, 9.17) is 9.26 Å². The van der Waals surface area contributed by atoms with E-state index in [2.05, 4.69) is 31.7 Å². The number of aliphatic imine (C=N–C) groups is 1. The molecule has 1 saturated heterocycles. The number of aryl methyl sites for hydroxylation is 1. The molecule has 0 bridgehead atoms. The van der Waals surface area contributed by atoms with Gasteiger partial charge in [-0.15, -0.1) is 24.0 Å². The van der Waals surface area contributed by atoms with E-state index in [0.717, 1.165) is 48.4 Å². The van der Waals surface area contributed by atoms with Crippen molar-refractivity contribution in [2.45, 2.75) is 25.9 Å². The van der Waals surface area contributed by atoms with Crippen molar-refractivity contribution in [3.05, 3.63) is 41.8 Å². The Hall–Kier alpha value is -1.97. The summed E-state index contributed by atoms with van der Waals surface area (Å²) >= 11 is 0. The molecule has 1 unspecified atom stereocenters. The van der Waals surface area contributed by atoms with E-state index in [0.29, 0.717) is 12.6 Å². The van der Waals surface area contributed by atoms with Crippen LogP contribution in [0.1, 0.15) is 17.9 Å². The summed E-state index contributed by atoms with van der Waals surface area (Å²) in [5, 5.41) is 10.6. The summed E-state index contributed by atoms with van der Waals surface area (Å²) in [4.78, 5) is 6.63. The van der Waals surface area contributed by atoms with Crippen molar-refractivity contribution < 1.29 is 9.26 Å². The molecule has 0 saturated carbocycles. The summed E-state index contributed by atoms with van der Waals surface area (Å²) < 4.78 is 10.7. The van der Waals surface area contributed by atoms with E-state index in [1.807, 2.05) is 31.2 Å². The Bertz CT molecular complexity index is 734. The number of hydrogen-bond acceptors (Lipinski definition) is 5. The Morgan fingerprint density at radius 3 is 2.92 bits per heavy atom. The predicted octanol–water partition coefficient (Wildman–Crippen LogP) is 2.55. The molecule has 3 rings (SSSR count). The molecule has 0 spiro atoms. The monoisotopic (exact) mass is 471 g/mol. The average Bonchev–Trinajstić information content (AvgIpc) is 3.27. The Labute approximate surface area is 171 Å². The van der Waals surface area contributed by atoms with Crippen molar-refractivity contribution in [1.82, 2.24) is 15.8 Å². The molecular formula is C18H26IN5O2. The maximum absolute atomic E-state index is 5.47. The van der Waals surface area contributed by atoms with Gasteiger partial charge < -0.3 is 24.8 Å². The van der Waals surface area contributed by atoms with Crippen molar-refractivity contribution in [3.8, 4) is 5.75 Å². The first kappa shape index (κ1) is 20.3. The van der Waals surface area contributed by atoms with Gasteiger partial charge in [-0.3, -0.25) is 4.99 Å². The Balaban J connectivity index is 0.00000243. The SMILES string of the molecule is CN=C(NCc1cc(C)no1)NC1CCN(c2ccccc2OC)C1.I. The van der Waals surface area contributed by atoms with Gasteiger partial charge in [-0.05, 0) is 25.5 Å². The quantitative estimate of drug-likeness (QED) is 0.397. The van der Waals surface area contributed by atoms with Gasteiger partial charge in [0.25, 0.3) is 0 Å². The molecule has 2 aromatic rings. The molecule has 0 aliphatic carbocycles. The van der Waals surface area contributed by atoms with Crippen molar-refractivity contribution >= 4 is 35.6 Å². The molecular weight excluding hydrogens is 445 g/mol. The largest absolute Gasteiger partial charge is 0.495 e. The van der Waals surface area contributed by atoms with E-state index in [-0.39, 0.29) is 24.0 Å². The predicted molar refractivity (Wildman–Crippen MR) is 114 cm³/mol. The van der Waals surface area contributed by atoms with Crippen LogP contribution in [0, 0.1) is 6.92 Å². The summed E-state index contributed by atoms with van der Waals surface area (Å²) in [6.45, 7) is 4.35. The lowest BCUT2D eigenvalue weighted by Crippen LogP contribution is -2.44. The number of anilines is 1. The maximum atomic E-state index is 5.47. The number of benzene rings is 1. The minimum atomic E-state index is 0. The summed E-state index contributed by atoms with van der Waals surface area (Å²) in [5.74, 6) is 2.47. The van der Waals surface area contributed by atoms with Gasteiger partial charge in [0.15, 0.2) is 11.7 Å². The first-order chi connectivity index (χ1) is 12.2. The van der Waals surface area contributed by atoms with E-state index in [1.165, 1.54) is 0 Å². The van der Waals surface area contributed by atoms with Crippen LogP contribution < -0.4 is 20.3 Å². The second-order valence-corrected chi connectivity index (χ2v) is 6.11. The van der Waals surface area contributed by atoms with Crippen molar-refractivity contribution in [2.24, 2.45) is 4.99 Å². The summed E-state index contributed by atoms with van der Waals surface area (Å²) in [6.07, 6.45) is 1.04. The maximum Gasteiger partial charge on any atom is 0.191 e. The second-order valence-electron chi connectivity index (χ2n) is 6.11. The van der Waals surface area contributed by atoms with E-state index >= 15 is 0 Å². The third-order valence-corrected chi connectivity index (χ3v) is 4.29. The third kappa shape index (κ3) is 5.03. The molecule has 1 fully saturated rings. The zero-order valence-electron chi connectivity index (χ0n) is 15.4. The third-order valence-electron chi connectivity index (χ3n) is 4.29. The van der Waals surface area contributed by atoms with Gasteiger partial charge in [-0.2, -0.15) is 0 Å².